The van der Waals surface area contributed by atoms with E-state index in [1.165, 1.54) is 0 Å². The molecule has 6 nitrogen and oxygen atoms in total. The molecule has 2 N–H and O–H groups in total. The molecule has 1 aromatic heterocycles. The van der Waals surface area contributed by atoms with Crippen molar-refractivity contribution in [2.45, 2.75) is 46.3 Å². The Balaban J connectivity index is 0.00000392. The maximum atomic E-state index is 5.94. The predicted molar refractivity (Wildman–Crippen MR) is 128 cm³/mol. The normalized spacial score (nSPS) is 12.3. The molecule has 28 heavy (non-hydrogen) atoms. The van der Waals surface area contributed by atoms with Gasteiger partial charge in [0.2, 0.25) is 0 Å². The zero-order valence-corrected chi connectivity index (χ0v) is 20.3. The fourth-order valence-electron chi connectivity index (χ4n) is 2.34. The number of methoxy groups -OCH3 is 1. The van der Waals surface area contributed by atoms with E-state index in [9.17, 15) is 0 Å². The van der Waals surface area contributed by atoms with E-state index in [4.69, 9.17) is 9.47 Å². The highest BCUT2D eigenvalue weighted by atomic mass is 127. The van der Waals surface area contributed by atoms with Gasteiger partial charge in [-0.2, -0.15) is 0 Å². The van der Waals surface area contributed by atoms with Crippen molar-refractivity contribution >= 4 is 41.3 Å². The van der Waals surface area contributed by atoms with Crippen LogP contribution in [0.2, 0.25) is 0 Å². The molecule has 0 aliphatic heterocycles. The average Bonchev–Trinajstić information content (AvgIpc) is 3.13. The second-order valence-electron chi connectivity index (χ2n) is 6.50. The topological polar surface area (TPSA) is 67.8 Å². The highest BCUT2D eigenvalue weighted by Gasteiger charge is 2.08. The summed E-state index contributed by atoms with van der Waals surface area (Å²) in [5, 5.41) is 9.72. The second-order valence-corrected chi connectivity index (χ2v) is 7.45. The first-order valence-electron chi connectivity index (χ1n) is 9.29. The van der Waals surface area contributed by atoms with Gasteiger partial charge < -0.3 is 20.1 Å². The molecular weight excluding hydrogens is 487 g/mol. The number of halogens is 1. The van der Waals surface area contributed by atoms with Gasteiger partial charge in [0, 0.05) is 18.0 Å². The van der Waals surface area contributed by atoms with Crippen molar-refractivity contribution in [1.29, 1.82) is 0 Å². The van der Waals surface area contributed by atoms with E-state index in [2.05, 4.69) is 39.8 Å². The molecule has 0 fully saturated rings. The Bertz CT molecular complexity index is 737. The van der Waals surface area contributed by atoms with Crippen LogP contribution in [0.5, 0.6) is 11.5 Å². The molecule has 0 spiro atoms. The van der Waals surface area contributed by atoms with E-state index >= 15 is 0 Å². The number of benzene rings is 1. The maximum Gasteiger partial charge on any atom is 0.191 e. The smallest absolute Gasteiger partial charge is 0.191 e. The van der Waals surface area contributed by atoms with E-state index < -0.39 is 0 Å². The lowest BCUT2D eigenvalue weighted by Gasteiger charge is -2.18. The van der Waals surface area contributed by atoms with E-state index in [0.717, 1.165) is 34.7 Å². The molecule has 8 heteroatoms. The van der Waals surface area contributed by atoms with Crippen LogP contribution in [-0.4, -0.2) is 37.2 Å². The minimum absolute atomic E-state index is 0. The van der Waals surface area contributed by atoms with Gasteiger partial charge in [0.1, 0.15) is 22.6 Å². The van der Waals surface area contributed by atoms with Gasteiger partial charge in [-0.3, -0.25) is 0 Å². The number of nitrogens with zero attached hydrogens (tertiary/aromatic N) is 2. The van der Waals surface area contributed by atoms with Crippen molar-refractivity contribution < 1.29 is 9.47 Å². The third-order valence-corrected chi connectivity index (χ3v) is 4.66. The monoisotopic (exact) mass is 518 g/mol. The third kappa shape index (κ3) is 8.22. The standard InChI is InChI=1S/C20H30N4O2S.HI/c1-6-21-20(23-12-19-24-18(13-27-19)14(2)3)22-11-15(4)26-17-9-7-8-16(10-17)25-5;/h7-10,13-15H,6,11-12H2,1-5H3,(H2,21,22,23);1H. The molecule has 1 aromatic carbocycles. The fourth-order valence-corrected chi connectivity index (χ4v) is 3.22. The van der Waals surface area contributed by atoms with Crippen LogP contribution < -0.4 is 20.1 Å². The zero-order valence-electron chi connectivity index (χ0n) is 17.2. The van der Waals surface area contributed by atoms with Gasteiger partial charge in [-0.15, -0.1) is 35.3 Å². The van der Waals surface area contributed by atoms with Gasteiger partial charge in [-0.1, -0.05) is 19.9 Å². The predicted octanol–water partition coefficient (Wildman–Crippen LogP) is 4.42. The van der Waals surface area contributed by atoms with Crippen molar-refractivity contribution in [3.8, 4) is 11.5 Å². The van der Waals surface area contributed by atoms with Gasteiger partial charge in [0.15, 0.2) is 5.96 Å². The Morgan fingerprint density at radius 1 is 1.21 bits per heavy atom. The van der Waals surface area contributed by atoms with Crippen LogP contribution in [0.25, 0.3) is 0 Å². The lowest BCUT2D eigenvalue weighted by Crippen LogP contribution is -2.41. The summed E-state index contributed by atoms with van der Waals surface area (Å²) in [6.07, 6.45) is -0.0200. The SMILES string of the molecule is CCNC(=NCc1nc(C(C)C)cs1)NCC(C)Oc1cccc(OC)c1.I. The Morgan fingerprint density at radius 2 is 1.96 bits per heavy atom. The van der Waals surface area contributed by atoms with E-state index in [1.54, 1.807) is 18.4 Å². The number of ether oxygens (including phenoxy) is 2. The lowest BCUT2D eigenvalue weighted by atomic mass is 10.2. The van der Waals surface area contributed by atoms with Crippen LogP contribution in [0.4, 0.5) is 0 Å². The maximum absolute atomic E-state index is 5.94. The zero-order chi connectivity index (χ0) is 19.6. The Labute approximate surface area is 189 Å². The molecule has 0 bridgehead atoms. The number of aliphatic imine (C=N–C) groups is 1. The van der Waals surface area contributed by atoms with Crippen LogP contribution >= 0.6 is 35.3 Å². The first-order chi connectivity index (χ1) is 13.0. The first-order valence-corrected chi connectivity index (χ1v) is 10.2. The van der Waals surface area contributed by atoms with E-state index in [1.807, 2.05) is 38.1 Å². The van der Waals surface area contributed by atoms with E-state index in [0.29, 0.717) is 19.0 Å². The molecule has 1 atom stereocenters. The van der Waals surface area contributed by atoms with Crippen LogP contribution in [0.1, 0.15) is 44.3 Å². The summed E-state index contributed by atoms with van der Waals surface area (Å²) < 4.78 is 11.2. The van der Waals surface area contributed by atoms with Gasteiger partial charge in [0.05, 0.1) is 25.9 Å². The number of guanidine groups is 1. The highest BCUT2D eigenvalue weighted by molar-refractivity contribution is 14.0. The number of hydrogen-bond acceptors (Lipinski definition) is 5. The molecule has 0 saturated heterocycles. The second kappa shape index (κ2) is 12.8. The number of thiazole rings is 1. The van der Waals surface area contributed by atoms with Gasteiger partial charge in [0.25, 0.3) is 0 Å². The molecular formula is C20H31IN4O2S. The number of nitrogens with one attached hydrogen (secondary N) is 2. The van der Waals surface area contributed by atoms with Crippen LogP contribution in [-0.2, 0) is 6.54 Å². The van der Waals surface area contributed by atoms with Crippen LogP contribution in [0.3, 0.4) is 0 Å². The molecule has 1 unspecified atom stereocenters. The Morgan fingerprint density at radius 3 is 2.61 bits per heavy atom. The van der Waals surface area contributed by atoms with Crippen molar-refractivity contribution in [3.63, 3.8) is 0 Å². The molecule has 0 aliphatic carbocycles. The molecule has 0 saturated carbocycles. The van der Waals surface area contributed by atoms with Gasteiger partial charge >= 0.3 is 0 Å². The summed E-state index contributed by atoms with van der Waals surface area (Å²) in [4.78, 5) is 9.26. The summed E-state index contributed by atoms with van der Waals surface area (Å²) >= 11 is 1.66. The van der Waals surface area contributed by atoms with Crippen molar-refractivity contribution in [2.24, 2.45) is 4.99 Å². The largest absolute Gasteiger partial charge is 0.497 e. The molecule has 1 heterocycles. The summed E-state index contributed by atoms with van der Waals surface area (Å²) in [5.41, 5.74) is 1.13. The van der Waals surface area contributed by atoms with Gasteiger partial charge in [-0.05, 0) is 31.9 Å². The Kier molecular flexibility index (Phi) is 11.2. The summed E-state index contributed by atoms with van der Waals surface area (Å²) in [6.45, 7) is 10.4. The van der Waals surface area contributed by atoms with E-state index in [-0.39, 0.29) is 30.1 Å². The fraction of sp³-hybridized carbons (Fsp3) is 0.500. The molecule has 0 radical (unpaired) electrons. The first kappa shape index (κ1) is 24.5. The number of rotatable bonds is 9. The number of hydrogen-bond donors (Lipinski definition) is 2. The molecule has 156 valence electrons. The molecule has 2 rings (SSSR count). The quantitative estimate of drug-likeness (QED) is 0.293. The summed E-state index contributed by atoms with van der Waals surface area (Å²) in [7, 11) is 1.65. The minimum atomic E-state index is -0.0200. The summed E-state index contributed by atoms with van der Waals surface area (Å²) in [5.74, 6) is 2.78. The molecule has 0 amide bonds. The van der Waals surface area contributed by atoms with Crippen molar-refractivity contribution in [2.75, 3.05) is 20.2 Å². The molecule has 2 aromatic rings. The van der Waals surface area contributed by atoms with Gasteiger partial charge in [-0.25, -0.2) is 9.98 Å². The van der Waals surface area contributed by atoms with Crippen LogP contribution in [0.15, 0.2) is 34.6 Å². The number of aromatic nitrogens is 1. The van der Waals surface area contributed by atoms with Crippen molar-refractivity contribution in [1.82, 2.24) is 15.6 Å². The average molecular weight is 518 g/mol. The third-order valence-electron chi connectivity index (χ3n) is 3.81. The highest BCUT2D eigenvalue weighted by Crippen LogP contribution is 2.20. The Hall–Kier alpha value is -1.55. The minimum Gasteiger partial charge on any atom is -0.497 e. The lowest BCUT2D eigenvalue weighted by molar-refractivity contribution is 0.223. The molecule has 0 aliphatic rings. The van der Waals surface area contributed by atoms with Crippen molar-refractivity contribution in [3.05, 3.63) is 40.3 Å². The summed E-state index contributed by atoms with van der Waals surface area (Å²) in [6, 6.07) is 7.62. The van der Waals surface area contributed by atoms with Crippen LogP contribution in [0, 0.1) is 0 Å².